The van der Waals surface area contributed by atoms with Crippen LogP contribution in [0, 0.1) is 13.8 Å². The zero-order valence-electron chi connectivity index (χ0n) is 15.6. The van der Waals surface area contributed by atoms with Crippen LogP contribution in [-0.2, 0) is 13.1 Å². The summed E-state index contributed by atoms with van der Waals surface area (Å²) >= 11 is 1.72. The van der Waals surface area contributed by atoms with Crippen molar-refractivity contribution in [1.82, 2.24) is 30.2 Å². The number of pyridine rings is 1. The first-order valence-electron chi connectivity index (χ1n) is 8.54. The minimum atomic E-state index is 0. The number of nitrogens with zero attached hydrogens (tertiary/aromatic N) is 5. The maximum Gasteiger partial charge on any atom is 0.191 e. The number of guanidine groups is 1. The Hall–Kier alpha value is -2.01. The highest BCUT2D eigenvalue weighted by molar-refractivity contribution is 14.0. The lowest BCUT2D eigenvalue weighted by molar-refractivity contribution is 0.818. The number of rotatable bonds is 6. The molecular formula is C18H24IN7S. The van der Waals surface area contributed by atoms with Crippen molar-refractivity contribution in [2.75, 3.05) is 6.54 Å². The zero-order chi connectivity index (χ0) is 18.4. The molecule has 2 N–H and O–H groups in total. The highest BCUT2D eigenvalue weighted by Gasteiger charge is 2.06. The van der Waals surface area contributed by atoms with Gasteiger partial charge in [0.05, 0.1) is 23.8 Å². The molecule has 0 spiro atoms. The van der Waals surface area contributed by atoms with E-state index >= 15 is 0 Å². The number of nitrogens with one attached hydrogen (secondary N) is 2. The SMILES string of the molecule is CCNC(=NCc1ccnc(-n2ccnc2)c1)NCc1sc(C)nc1C.I. The van der Waals surface area contributed by atoms with Gasteiger partial charge in [0.25, 0.3) is 0 Å². The molecule has 0 unspecified atom stereocenters. The average molecular weight is 497 g/mol. The van der Waals surface area contributed by atoms with E-state index in [0.717, 1.165) is 41.1 Å². The van der Waals surface area contributed by atoms with Gasteiger partial charge in [0.2, 0.25) is 0 Å². The summed E-state index contributed by atoms with van der Waals surface area (Å²) in [4.78, 5) is 18.8. The molecule has 0 saturated heterocycles. The van der Waals surface area contributed by atoms with Gasteiger partial charge in [-0.15, -0.1) is 35.3 Å². The molecule has 0 saturated carbocycles. The summed E-state index contributed by atoms with van der Waals surface area (Å²) in [6, 6.07) is 4.00. The summed E-state index contributed by atoms with van der Waals surface area (Å²) in [5, 5.41) is 7.75. The summed E-state index contributed by atoms with van der Waals surface area (Å²) in [6.07, 6.45) is 7.15. The van der Waals surface area contributed by atoms with Crippen molar-refractivity contribution in [3.8, 4) is 5.82 Å². The van der Waals surface area contributed by atoms with Gasteiger partial charge in [-0.05, 0) is 38.5 Å². The highest BCUT2D eigenvalue weighted by atomic mass is 127. The monoisotopic (exact) mass is 497 g/mol. The Morgan fingerprint density at radius 1 is 1.26 bits per heavy atom. The molecule has 0 fully saturated rings. The first kappa shape index (κ1) is 21.3. The Balaban J connectivity index is 0.00000261. The minimum absolute atomic E-state index is 0. The molecule has 0 atom stereocenters. The first-order valence-corrected chi connectivity index (χ1v) is 9.35. The van der Waals surface area contributed by atoms with Gasteiger partial charge >= 0.3 is 0 Å². The van der Waals surface area contributed by atoms with E-state index in [1.807, 2.05) is 36.7 Å². The predicted octanol–water partition coefficient (Wildman–Crippen LogP) is 3.21. The maximum absolute atomic E-state index is 4.68. The molecule has 7 nitrogen and oxygen atoms in total. The highest BCUT2D eigenvalue weighted by Crippen LogP contribution is 2.16. The van der Waals surface area contributed by atoms with Gasteiger partial charge in [-0.1, -0.05) is 0 Å². The summed E-state index contributed by atoms with van der Waals surface area (Å²) in [6.45, 7) is 8.23. The Morgan fingerprint density at radius 2 is 2.11 bits per heavy atom. The van der Waals surface area contributed by atoms with Crippen molar-refractivity contribution in [3.63, 3.8) is 0 Å². The second-order valence-corrected chi connectivity index (χ2v) is 7.07. The first-order chi connectivity index (χ1) is 12.7. The molecule has 0 bridgehead atoms. The fourth-order valence-electron chi connectivity index (χ4n) is 2.51. The molecule has 0 aliphatic rings. The fraction of sp³-hybridized carbons (Fsp3) is 0.333. The molecule has 3 heterocycles. The quantitative estimate of drug-likeness (QED) is 0.311. The molecule has 3 aromatic rings. The van der Waals surface area contributed by atoms with Crippen molar-refractivity contribution >= 4 is 41.3 Å². The van der Waals surface area contributed by atoms with Gasteiger partial charge in [-0.2, -0.15) is 0 Å². The van der Waals surface area contributed by atoms with Crippen molar-refractivity contribution in [3.05, 3.63) is 58.2 Å². The van der Waals surface area contributed by atoms with E-state index in [4.69, 9.17) is 0 Å². The summed E-state index contributed by atoms with van der Waals surface area (Å²) in [5.41, 5.74) is 2.17. The second-order valence-electron chi connectivity index (χ2n) is 5.78. The van der Waals surface area contributed by atoms with Gasteiger partial charge in [-0.25, -0.2) is 19.9 Å². The minimum Gasteiger partial charge on any atom is -0.357 e. The topological polar surface area (TPSA) is 80.0 Å². The van der Waals surface area contributed by atoms with Crippen LogP contribution in [0.5, 0.6) is 0 Å². The number of aliphatic imine (C=N–C) groups is 1. The average Bonchev–Trinajstić information content (AvgIpc) is 3.27. The molecule has 0 aliphatic carbocycles. The second kappa shape index (κ2) is 10.4. The van der Waals surface area contributed by atoms with Crippen molar-refractivity contribution < 1.29 is 0 Å². The van der Waals surface area contributed by atoms with E-state index in [0.29, 0.717) is 6.54 Å². The van der Waals surface area contributed by atoms with Crippen LogP contribution in [0.4, 0.5) is 0 Å². The lowest BCUT2D eigenvalue weighted by atomic mass is 10.2. The van der Waals surface area contributed by atoms with Crippen LogP contribution in [0.25, 0.3) is 5.82 Å². The van der Waals surface area contributed by atoms with Crippen LogP contribution in [0.2, 0.25) is 0 Å². The van der Waals surface area contributed by atoms with Crippen LogP contribution < -0.4 is 10.6 Å². The van der Waals surface area contributed by atoms with Gasteiger partial charge in [0.1, 0.15) is 12.1 Å². The van der Waals surface area contributed by atoms with Gasteiger partial charge in [0, 0.05) is 30.0 Å². The molecule has 0 amide bonds. The lowest BCUT2D eigenvalue weighted by Gasteiger charge is -2.11. The maximum atomic E-state index is 4.68. The van der Waals surface area contributed by atoms with E-state index in [1.54, 1.807) is 30.1 Å². The molecule has 144 valence electrons. The van der Waals surface area contributed by atoms with Gasteiger partial charge < -0.3 is 10.6 Å². The molecule has 0 radical (unpaired) electrons. The molecular weight excluding hydrogens is 473 g/mol. The molecule has 0 aromatic carbocycles. The number of aromatic nitrogens is 4. The molecule has 9 heteroatoms. The fourth-order valence-corrected chi connectivity index (χ4v) is 3.39. The van der Waals surface area contributed by atoms with E-state index in [-0.39, 0.29) is 24.0 Å². The number of thiazole rings is 1. The van der Waals surface area contributed by atoms with Crippen molar-refractivity contribution in [2.24, 2.45) is 4.99 Å². The Bertz CT molecular complexity index is 874. The standard InChI is InChI=1S/C18H23N7S.HI/c1-4-20-18(23-11-16-13(2)24-14(3)26-16)22-10-15-5-6-21-17(9-15)25-8-7-19-12-25;/h5-9,12H,4,10-11H2,1-3H3,(H2,20,22,23);1H. The number of aryl methyl sites for hydroxylation is 2. The number of halogens is 1. The Kier molecular flexibility index (Phi) is 8.17. The van der Waals surface area contributed by atoms with Gasteiger partial charge in [-0.3, -0.25) is 4.57 Å². The van der Waals surface area contributed by atoms with Crippen LogP contribution in [0.3, 0.4) is 0 Å². The third kappa shape index (κ3) is 5.99. The Morgan fingerprint density at radius 3 is 2.78 bits per heavy atom. The van der Waals surface area contributed by atoms with E-state index < -0.39 is 0 Å². The third-order valence-electron chi connectivity index (χ3n) is 3.76. The van der Waals surface area contributed by atoms with Crippen molar-refractivity contribution in [1.29, 1.82) is 0 Å². The predicted molar refractivity (Wildman–Crippen MR) is 120 cm³/mol. The number of hydrogen-bond donors (Lipinski definition) is 2. The number of hydrogen-bond acceptors (Lipinski definition) is 5. The van der Waals surface area contributed by atoms with E-state index in [1.165, 1.54) is 4.88 Å². The smallest absolute Gasteiger partial charge is 0.191 e. The Labute approximate surface area is 180 Å². The number of imidazole rings is 1. The van der Waals surface area contributed by atoms with Crippen LogP contribution in [0.15, 0.2) is 42.0 Å². The molecule has 27 heavy (non-hydrogen) atoms. The largest absolute Gasteiger partial charge is 0.357 e. The molecule has 0 aliphatic heterocycles. The lowest BCUT2D eigenvalue weighted by Crippen LogP contribution is -2.36. The van der Waals surface area contributed by atoms with Crippen LogP contribution in [-0.4, -0.2) is 32.0 Å². The molecule has 3 aromatic heterocycles. The van der Waals surface area contributed by atoms with E-state index in [2.05, 4.69) is 37.5 Å². The summed E-state index contributed by atoms with van der Waals surface area (Å²) in [7, 11) is 0. The zero-order valence-corrected chi connectivity index (χ0v) is 18.8. The molecule has 3 rings (SSSR count). The summed E-state index contributed by atoms with van der Waals surface area (Å²) in [5.74, 6) is 1.63. The summed E-state index contributed by atoms with van der Waals surface area (Å²) < 4.78 is 1.88. The normalized spacial score (nSPS) is 11.1. The van der Waals surface area contributed by atoms with Crippen LogP contribution in [0.1, 0.15) is 28.1 Å². The van der Waals surface area contributed by atoms with Gasteiger partial charge in [0.15, 0.2) is 5.96 Å². The van der Waals surface area contributed by atoms with Crippen molar-refractivity contribution in [2.45, 2.75) is 33.9 Å². The van der Waals surface area contributed by atoms with Crippen LogP contribution >= 0.6 is 35.3 Å². The third-order valence-corrected chi connectivity index (χ3v) is 4.83. The van der Waals surface area contributed by atoms with E-state index in [9.17, 15) is 0 Å².